The maximum absolute atomic E-state index is 12.6. The molecular weight excluding hydrogens is 418 g/mol. The number of nitrogens with one attached hydrogen (secondary N) is 2. The molecule has 0 saturated heterocycles. The van der Waals surface area contributed by atoms with Crippen molar-refractivity contribution < 1.29 is 19.0 Å². The molecule has 2 heterocycles. The lowest BCUT2D eigenvalue weighted by molar-refractivity contribution is 0.171. The lowest BCUT2D eigenvalue weighted by atomic mass is 10.1. The highest BCUT2D eigenvalue weighted by atomic mass is 16.6. The van der Waals surface area contributed by atoms with E-state index in [1.54, 1.807) is 25.3 Å². The second-order valence-electron chi connectivity index (χ2n) is 7.75. The largest absolute Gasteiger partial charge is 0.496 e. The van der Waals surface area contributed by atoms with Crippen LogP contribution in [0.25, 0.3) is 22.2 Å². The quantitative estimate of drug-likeness (QED) is 0.429. The normalized spacial score (nSPS) is 12.3. The molecule has 4 aromatic rings. The Hall–Kier alpha value is -4.26. The minimum Gasteiger partial charge on any atom is -0.496 e. The molecule has 5 rings (SSSR count). The number of pyridine rings is 1. The van der Waals surface area contributed by atoms with Gasteiger partial charge in [0.05, 0.1) is 18.3 Å². The van der Waals surface area contributed by atoms with E-state index < -0.39 is 0 Å². The summed E-state index contributed by atoms with van der Waals surface area (Å²) in [6, 6.07) is 20.6. The molecule has 3 aromatic carbocycles. The van der Waals surface area contributed by atoms with Crippen molar-refractivity contribution in [2.24, 2.45) is 0 Å². The first-order chi connectivity index (χ1) is 16.1. The summed E-state index contributed by atoms with van der Waals surface area (Å²) in [5, 5.41) is 6.49. The first kappa shape index (κ1) is 20.6. The highest BCUT2D eigenvalue weighted by molar-refractivity contribution is 6.01. The Balaban J connectivity index is 1.37. The molecule has 2 amide bonds. The molecule has 33 heavy (non-hydrogen) atoms. The van der Waals surface area contributed by atoms with Crippen molar-refractivity contribution in [2.75, 3.05) is 31.0 Å². The van der Waals surface area contributed by atoms with Gasteiger partial charge in [-0.3, -0.25) is 0 Å². The van der Waals surface area contributed by atoms with Gasteiger partial charge in [0.1, 0.15) is 19.0 Å². The zero-order valence-electron chi connectivity index (χ0n) is 18.3. The number of hydrogen-bond acceptors (Lipinski definition) is 5. The number of aryl methyl sites for hydroxylation is 1. The van der Waals surface area contributed by atoms with Crippen LogP contribution < -0.4 is 24.8 Å². The van der Waals surface area contributed by atoms with Crippen LogP contribution in [0.5, 0.6) is 17.2 Å². The van der Waals surface area contributed by atoms with Crippen LogP contribution in [0.3, 0.4) is 0 Å². The molecule has 0 fully saturated rings. The summed E-state index contributed by atoms with van der Waals surface area (Å²) in [6.07, 6.45) is 0. The number of carbonyl (C=O) groups excluding carboxylic acids is 1. The second-order valence-corrected chi connectivity index (χ2v) is 7.75. The molecule has 2 N–H and O–H groups in total. The third-order valence-corrected chi connectivity index (χ3v) is 5.36. The topological polar surface area (TPSA) is 81.7 Å². The molecule has 0 saturated carbocycles. The van der Waals surface area contributed by atoms with Gasteiger partial charge in [-0.1, -0.05) is 23.8 Å². The molecule has 1 aliphatic heterocycles. The molecule has 166 valence electrons. The average molecular weight is 441 g/mol. The lowest BCUT2D eigenvalue weighted by Gasteiger charge is -2.19. The number of aromatic nitrogens is 1. The van der Waals surface area contributed by atoms with Gasteiger partial charge in [-0.15, -0.1) is 0 Å². The van der Waals surface area contributed by atoms with Crippen LogP contribution in [0.4, 0.5) is 16.2 Å². The highest BCUT2D eigenvalue weighted by Gasteiger charge is 2.14. The molecule has 1 aromatic heterocycles. The van der Waals surface area contributed by atoms with Crippen LogP contribution in [-0.4, -0.2) is 31.3 Å². The minimum atomic E-state index is -0.366. The van der Waals surface area contributed by atoms with Gasteiger partial charge in [-0.25, -0.2) is 9.78 Å². The zero-order chi connectivity index (χ0) is 22.8. The Kier molecular flexibility index (Phi) is 5.44. The SMILES string of the molecule is COc1cc(-c2cccc(C)c2)nc2ccc(NC(=O)Nc3ccc4c(c3)OCCO4)cc12. The number of rotatable bonds is 4. The lowest BCUT2D eigenvalue weighted by Crippen LogP contribution is -2.20. The molecule has 0 radical (unpaired) electrons. The first-order valence-corrected chi connectivity index (χ1v) is 10.6. The van der Waals surface area contributed by atoms with Crippen LogP contribution in [-0.2, 0) is 0 Å². The first-order valence-electron chi connectivity index (χ1n) is 10.6. The van der Waals surface area contributed by atoms with Crippen molar-refractivity contribution in [3.63, 3.8) is 0 Å². The summed E-state index contributed by atoms with van der Waals surface area (Å²) in [5.74, 6) is 1.98. The van der Waals surface area contributed by atoms with E-state index in [9.17, 15) is 4.79 Å². The number of methoxy groups -OCH3 is 1. The van der Waals surface area contributed by atoms with Crippen molar-refractivity contribution >= 4 is 28.3 Å². The van der Waals surface area contributed by atoms with Gasteiger partial charge in [-0.2, -0.15) is 0 Å². The van der Waals surface area contributed by atoms with Crippen molar-refractivity contribution in [2.45, 2.75) is 6.92 Å². The average Bonchev–Trinajstić information content (AvgIpc) is 2.83. The Morgan fingerprint density at radius 2 is 1.67 bits per heavy atom. The predicted octanol–water partition coefficient (Wildman–Crippen LogP) is 5.63. The fourth-order valence-corrected chi connectivity index (χ4v) is 3.81. The third kappa shape index (κ3) is 4.39. The second kappa shape index (κ2) is 8.70. The van der Waals surface area contributed by atoms with Gasteiger partial charge in [0.25, 0.3) is 0 Å². The van der Waals surface area contributed by atoms with Gasteiger partial charge in [-0.05, 0) is 43.3 Å². The van der Waals surface area contributed by atoms with E-state index in [0.29, 0.717) is 41.8 Å². The Morgan fingerprint density at radius 3 is 2.45 bits per heavy atom. The summed E-state index contributed by atoms with van der Waals surface area (Å²) < 4.78 is 16.7. The molecule has 1 aliphatic rings. The summed E-state index contributed by atoms with van der Waals surface area (Å²) in [4.78, 5) is 17.4. The van der Waals surface area contributed by atoms with Gasteiger partial charge in [0.15, 0.2) is 11.5 Å². The van der Waals surface area contributed by atoms with Crippen LogP contribution in [0.15, 0.2) is 66.7 Å². The number of amides is 2. The van der Waals surface area contributed by atoms with E-state index in [1.807, 2.05) is 36.4 Å². The summed E-state index contributed by atoms with van der Waals surface area (Å²) >= 11 is 0. The number of urea groups is 1. The summed E-state index contributed by atoms with van der Waals surface area (Å²) in [7, 11) is 1.63. The fourth-order valence-electron chi connectivity index (χ4n) is 3.81. The van der Waals surface area contributed by atoms with Crippen molar-refractivity contribution in [1.29, 1.82) is 0 Å². The molecule has 0 bridgehead atoms. The molecule has 0 atom stereocenters. The predicted molar refractivity (Wildman–Crippen MR) is 129 cm³/mol. The van der Waals surface area contributed by atoms with E-state index in [0.717, 1.165) is 27.7 Å². The number of carbonyl (C=O) groups is 1. The van der Waals surface area contributed by atoms with Crippen LogP contribution in [0, 0.1) is 6.92 Å². The maximum Gasteiger partial charge on any atom is 0.323 e. The van der Waals surface area contributed by atoms with Crippen LogP contribution in [0.1, 0.15) is 5.56 Å². The summed E-state index contributed by atoms with van der Waals surface area (Å²) in [6.45, 7) is 3.06. The van der Waals surface area contributed by atoms with Gasteiger partial charge >= 0.3 is 6.03 Å². The Morgan fingerprint density at radius 1 is 0.909 bits per heavy atom. The Labute approximate surface area is 191 Å². The van der Waals surface area contributed by atoms with Crippen molar-refractivity contribution in [1.82, 2.24) is 4.98 Å². The van der Waals surface area contributed by atoms with E-state index in [4.69, 9.17) is 19.2 Å². The van der Waals surface area contributed by atoms with Crippen molar-refractivity contribution in [3.8, 4) is 28.5 Å². The molecule has 0 aliphatic carbocycles. The van der Waals surface area contributed by atoms with Crippen molar-refractivity contribution in [3.05, 3.63) is 72.3 Å². The van der Waals surface area contributed by atoms with E-state index in [-0.39, 0.29) is 6.03 Å². The maximum atomic E-state index is 12.6. The van der Waals surface area contributed by atoms with E-state index >= 15 is 0 Å². The monoisotopic (exact) mass is 441 g/mol. The smallest absolute Gasteiger partial charge is 0.323 e. The Bertz CT molecular complexity index is 1350. The summed E-state index contributed by atoms with van der Waals surface area (Å²) in [5.41, 5.74) is 5.04. The number of anilines is 2. The van der Waals surface area contributed by atoms with E-state index in [1.165, 1.54) is 0 Å². The van der Waals surface area contributed by atoms with Crippen LogP contribution >= 0.6 is 0 Å². The number of nitrogens with zero attached hydrogens (tertiary/aromatic N) is 1. The molecule has 0 spiro atoms. The number of fused-ring (bicyclic) bond motifs is 2. The molecule has 7 heteroatoms. The third-order valence-electron chi connectivity index (χ3n) is 5.36. The number of benzene rings is 3. The van der Waals surface area contributed by atoms with Gasteiger partial charge < -0.3 is 24.8 Å². The number of hydrogen-bond donors (Lipinski definition) is 2. The fraction of sp³-hybridized carbons (Fsp3) is 0.154. The molecule has 0 unspecified atom stereocenters. The van der Waals surface area contributed by atoms with Crippen LogP contribution in [0.2, 0.25) is 0 Å². The number of ether oxygens (including phenoxy) is 3. The highest BCUT2D eigenvalue weighted by Crippen LogP contribution is 2.34. The molecular formula is C26H23N3O4. The van der Waals surface area contributed by atoms with Gasteiger partial charge in [0.2, 0.25) is 0 Å². The van der Waals surface area contributed by atoms with E-state index in [2.05, 4.69) is 29.7 Å². The zero-order valence-corrected chi connectivity index (χ0v) is 18.3. The van der Waals surface area contributed by atoms with Gasteiger partial charge in [0, 0.05) is 34.5 Å². The standard InChI is InChI=1S/C26H23N3O4/c1-16-4-3-5-17(12-16)22-15-24(31-2)20-13-18(6-8-21(20)29-22)27-26(30)28-19-7-9-23-25(14-19)33-11-10-32-23/h3-9,12-15H,10-11H2,1-2H3,(H2,27,28,30). The minimum absolute atomic E-state index is 0.366. The molecule has 7 nitrogen and oxygen atoms in total.